The lowest BCUT2D eigenvalue weighted by Crippen LogP contribution is -2.40. The van der Waals surface area contributed by atoms with Gasteiger partial charge in [0.2, 0.25) is 5.91 Å². The van der Waals surface area contributed by atoms with Crippen molar-refractivity contribution >= 4 is 16.8 Å². The highest BCUT2D eigenvalue weighted by Crippen LogP contribution is 2.28. The SMILES string of the molecule is CCn1cc(CN2CCC(C(=O)NCc3ccc(C)cc3)CC2)c2cc(OC)ccc21. The number of methoxy groups -OCH3 is 1. The van der Waals surface area contributed by atoms with Gasteiger partial charge in [0.05, 0.1) is 7.11 Å². The van der Waals surface area contributed by atoms with Gasteiger partial charge < -0.3 is 14.6 Å². The third-order valence-electron chi connectivity index (χ3n) is 6.45. The van der Waals surface area contributed by atoms with Crippen LogP contribution in [0.2, 0.25) is 0 Å². The summed E-state index contributed by atoms with van der Waals surface area (Å²) in [6, 6.07) is 14.7. The number of ether oxygens (including phenoxy) is 1. The minimum absolute atomic E-state index is 0.110. The van der Waals surface area contributed by atoms with E-state index >= 15 is 0 Å². The van der Waals surface area contributed by atoms with E-state index in [1.54, 1.807) is 7.11 Å². The van der Waals surface area contributed by atoms with Crippen molar-refractivity contribution in [2.45, 2.75) is 46.3 Å². The Labute approximate surface area is 185 Å². The zero-order valence-electron chi connectivity index (χ0n) is 18.9. The number of benzene rings is 2. The molecule has 31 heavy (non-hydrogen) atoms. The van der Waals surface area contributed by atoms with E-state index in [0.29, 0.717) is 6.54 Å². The van der Waals surface area contributed by atoms with Gasteiger partial charge in [0.15, 0.2) is 0 Å². The molecule has 3 aromatic rings. The van der Waals surface area contributed by atoms with Crippen molar-refractivity contribution in [2.75, 3.05) is 20.2 Å². The second-order valence-electron chi connectivity index (χ2n) is 8.58. The fourth-order valence-corrected chi connectivity index (χ4v) is 4.50. The molecular weight excluding hydrogens is 386 g/mol. The molecule has 1 amide bonds. The van der Waals surface area contributed by atoms with Gasteiger partial charge in [0, 0.05) is 42.7 Å². The molecule has 0 unspecified atom stereocenters. The molecule has 5 nitrogen and oxygen atoms in total. The van der Waals surface area contributed by atoms with Crippen molar-refractivity contribution in [1.29, 1.82) is 0 Å². The lowest BCUT2D eigenvalue weighted by molar-refractivity contribution is -0.126. The second kappa shape index (κ2) is 9.56. The molecule has 5 heteroatoms. The highest BCUT2D eigenvalue weighted by atomic mass is 16.5. The number of aromatic nitrogens is 1. The highest BCUT2D eigenvalue weighted by molar-refractivity contribution is 5.85. The molecular formula is C26H33N3O2. The number of nitrogens with zero attached hydrogens (tertiary/aromatic N) is 2. The normalized spacial score (nSPS) is 15.3. The number of carbonyl (C=O) groups excluding carboxylic acids is 1. The monoisotopic (exact) mass is 419 g/mol. The molecule has 0 radical (unpaired) electrons. The molecule has 1 saturated heterocycles. The summed E-state index contributed by atoms with van der Waals surface area (Å²) in [4.78, 5) is 15.1. The van der Waals surface area contributed by atoms with Gasteiger partial charge in [-0.05, 0) is 69.1 Å². The maximum atomic E-state index is 12.6. The number of fused-ring (bicyclic) bond motifs is 1. The first-order chi connectivity index (χ1) is 15.1. The lowest BCUT2D eigenvalue weighted by atomic mass is 9.95. The smallest absolute Gasteiger partial charge is 0.223 e. The molecule has 4 rings (SSSR count). The summed E-state index contributed by atoms with van der Waals surface area (Å²) in [5, 5.41) is 4.39. The van der Waals surface area contributed by atoms with E-state index in [1.165, 1.54) is 22.0 Å². The number of hydrogen-bond acceptors (Lipinski definition) is 3. The third kappa shape index (κ3) is 4.93. The van der Waals surface area contributed by atoms with Gasteiger partial charge in [0.1, 0.15) is 5.75 Å². The van der Waals surface area contributed by atoms with Crippen LogP contribution in [-0.2, 0) is 24.4 Å². The Kier molecular flexibility index (Phi) is 6.62. The van der Waals surface area contributed by atoms with Gasteiger partial charge in [-0.15, -0.1) is 0 Å². The first kappa shape index (κ1) is 21.4. The molecule has 0 saturated carbocycles. The molecule has 164 valence electrons. The van der Waals surface area contributed by atoms with Crippen molar-refractivity contribution in [3.8, 4) is 5.75 Å². The quantitative estimate of drug-likeness (QED) is 0.613. The fourth-order valence-electron chi connectivity index (χ4n) is 4.50. The van der Waals surface area contributed by atoms with Crippen LogP contribution in [0, 0.1) is 12.8 Å². The number of carbonyl (C=O) groups is 1. The topological polar surface area (TPSA) is 46.5 Å². The Morgan fingerprint density at radius 2 is 1.87 bits per heavy atom. The van der Waals surface area contributed by atoms with Gasteiger partial charge in [-0.2, -0.15) is 0 Å². The summed E-state index contributed by atoms with van der Waals surface area (Å²) in [5.74, 6) is 1.19. The second-order valence-corrected chi connectivity index (χ2v) is 8.58. The first-order valence-corrected chi connectivity index (χ1v) is 11.3. The van der Waals surface area contributed by atoms with E-state index in [4.69, 9.17) is 4.74 Å². The minimum atomic E-state index is 0.110. The van der Waals surface area contributed by atoms with Crippen LogP contribution in [0.5, 0.6) is 5.75 Å². The Bertz CT molecular complexity index is 1030. The van der Waals surface area contributed by atoms with Gasteiger partial charge in [-0.1, -0.05) is 29.8 Å². The molecule has 1 aliphatic rings. The summed E-state index contributed by atoms with van der Waals surface area (Å²) >= 11 is 0. The van der Waals surface area contributed by atoms with Crippen LogP contribution in [-0.4, -0.2) is 35.6 Å². The van der Waals surface area contributed by atoms with Crippen LogP contribution < -0.4 is 10.1 Å². The van der Waals surface area contributed by atoms with Crippen molar-refractivity contribution in [2.24, 2.45) is 5.92 Å². The maximum Gasteiger partial charge on any atom is 0.223 e. The first-order valence-electron chi connectivity index (χ1n) is 11.3. The maximum absolute atomic E-state index is 12.6. The predicted octanol–water partition coefficient (Wildman–Crippen LogP) is 4.51. The summed E-state index contributed by atoms with van der Waals surface area (Å²) in [5.41, 5.74) is 4.98. The van der Waals surface area contributed by atoms with E-state index in [2.05, 4.69) is 71.2 Å². The van der Waals surface area contributed by atoms with Crippen molar-refractivity contribution in [1.82, 2.24) is 14.8 Å². The lowest BCUT2D eigenvalue weighted by Gasteiger charge is -2.31. The molecule has 1 aromatic heterocycles. The van der Waals surface area contributed by atoms with Crippen LogP contribution in [0.4, 0.5) is 0 Å². The van der Waals surface area contributed by atoms with Crippen molar-refractivity contribution < 1.29 is 9.53 Å². The van der Waals surface area contributed by atoms with Crippen LogP contribution >= 0.6 is 0 Å². The predicted molar refractivity (Wildman–Crippen MR) is 125 cm³/mol. The molecule has 1 fully saturated rings. The molecule has 2 heterocycles. The average Bonchev–Trinajstić information content (AvgIpc) is 3.15. The number of aryl methyl sites for hydroxylation is 2. The number of likely N-dealkylation sites (tertiary alicyclic amines) is 1. The number of piperidine rings is 1. The molecule has 1 N–H and O–H groups in total. The Hall–Kier alpha value is -2.79. The largest absolute Gasteiger partial charge is 0.497 e. The van der Waals surface area contributed by atoms with E-state index < -0.39 is 0 Å². The van der Waals surface area contributed by atoms with Crippen LogP contribution in [0.15, 0.2) is 48.7 Å². The zero-order chi connectivity index (χ0) is 21.8. The van der Waals surface area contributed by atoms with E-state index in [9.17, 15) is 4.79 Å². The van der Waals surface area contributed by atoms with E-state index in [0.717, 1.165) is 50.3 Å². The van der Waals surface area contributed by atoms with Crippen molar-refractivity contribution in [3.05, 3.63) is 65.4 Å². The van der Waals surface area contributed by atoms with E-state index in [-0.39, 0.29) is 11.8 Å². The Balaban J connectivity index is 1.34. The summed E-state index contributed by atoms with van der Waals surface area (Å²) in [6.45, 7) is 8.62. The van der Waals surface area contributed by atoms with Crippen molar-refractivity contribution in [3.63, 3.8) is 0 Å². The molecule has 0 aliphatic carbocycles. The van der Waals surface area contributed by atoms with Gasteiger partial charge in [-0.3, -0.25) is 9.69 Å². The summed E-state index contributed by atoms with van der Waals surface area (Å²) < 4.78 is 7.74. The van der Waals surface area contributed by atoms with E-state index in [1.807, 2.05) is 6.07 Å². The van der Waals surface area contributed by atoms with Crippen LogP contribution in [0.1, 0.15) is 36.5 Å². The zero-order valence-corrected chi connectivity index (χ0v) is 18.9. The third-order valence-corrected chi connectivity index (χ3v) is 6.45. The molecule has 1 aliphatic heterocycles. The van der Waals surface area contributed by atoms with Crippen LogP contribution in [0.3, 0.4) is 0 Å². The van der Waals surface area contributed by atoms with Crippen LogP contribution in [0.25, 0.3) is 10.9 Å². The molecule has 0 spiro atoms. The average molecular weight is 420 g/mol. The number of amides is 1. The standard InChI is InChI=1S/C26H33N3O2/c1-4-29-18-22(24-15-23(31-3)9-10-25(24)29)17-28-13-11-21(12-14-28)26(30)27-16-20-7-5-19(2)6-8-20/h5-10,15,18,21H,4,11-14,16-17H2,1-3H3,(H,27,30). The molecule has 0 atom stereocenters. The van der Waals surface area contributed by atoms with Gasteiger partial charge in [0.25, 0.3) is 0 Å². The van der Waals surface area contributed by atoms with Gasteiger partial charge in [-0.25, -0.2) is 0 Å². The summed E-state index contributed by atoms with van der Waals surface area (Å²) in [7, 11) is 1.71. The molecule has 2 aromatic carbocycles. The Morgan fingerprint density at radius 3 is 2.55 bits per heavy atom. The van der Waals surface area contributed by atoms with Gasteiger partial charge >= 0.3 is 0 Å². The fraction of sp³-hybridized carbons (Fsp3) is 0.423. The number of hydrogen-bond donors (Lipinski definition) is 1. The molecule has 0 bridgehead atoms. The number of rotatable bonds is 7. The highest BCUT2D eigenvalue weighted by Gasteiger charge is 2.25. The Morgan fingerprint density at radius 1 is 1.13 bits per heavy atom. The number of nitrogens with one attached hydrogen (secondary N) is 1. The summed E-state index contributed by atoms with van der Waals surface area (Å²) in [6.07, 6.45) is 4.09. The minimum Gasteiger partial charge on any atom is -0.497 e.